The highest BCUT2D eigenvalue weighted by Gasteiger charge is 2.13. The molecule has 4 N–H and O–H groups in total. The van der Waals surface area contributed by atoms with E-state index in [4.69, 9.17) is 17.4 Å². The van der Waals surface area contributed by atoms with Crippen molar-refractivity contribution in [3.63, 3.8) is 0 Å². The first-order chi connectivity index (χ1) is 10.6. The molecule has 2 aromatic carbocycles. The number of halogens is 1. The number of carbonyl (C=O) groups excluding carboxylic acids is 2. The maximum absolute atomic E-state index is 12.1. The molecule has 6 heteroatoms. The Labute approximate surface area is 132 Å². The molecule has 0 bridgehead atoms. The highest BCUT2D eigenvalue weighted by atomic mass is 35.5. The number of benzene rings is 2. The monoisotopic (exact) mass is 315 g/mol. The normalized spacial score (nSPS) is 10.9. The van der Waals surface area contributed by atoms with Crippen LogP contribution in [-0.2, 0) is 4.79 Å². The van der Waals surface area contributed by atoms with Gasteiger partial charge in [0.1, 0.15) is 5.70 Å². The molecule has 22 heavy (non-hydrogen) atoms. The average Bonchev–Trinajstić information content (AvgIpc) is 2.56. The Hall–Kier alpha value is -2.63. The lowest BCUT2D eigenvalue weighted by Gasteiger charge is -2.09. The van der Waals surface area contributed by atoms with Crippen molar-refractivity contribution in [2.45, 2.75) is 0 Å². The van der Waals surface area contributed by atoms with Crippen LogP contribution < -0.4 is 16.6 Å². The van der Waals surface area contributed by atoms with Gasteiger partial charge in [-0.2, -0.15) is 0 Å². The van der Waals surface area contributed by atoms with Gasteiger partial charge in [-0.1, -0.05) is 41.9 Å². The Bertz CT molecular complexity index is 697. The highest BCUT2D eigenvalue weighted by Crippen LogP contribution is 2.12. The van der Waals surface area contributed by atoms with E-state index in [1.165, 1.54) is 6.08 Å². The Morgan fingerprint density at radius 3 is 2.23 bits per heavy atom. The number of carbonyl (C=O) groups is 2. The minimum absolute atomic E-state index is 0.0404. The standard InChI is InChI=1S/C16H14ClN3O2/c17-13-8-6-11(7-9-13)10-14(16(22)20-18)19-15(21)12-4-2-1-3-5-12/h1-10H,18H2,(H,19,21)(H,20,22)/b14-10-. The zero-order valence-corrected chi connectivity index (χ0v) is 12.3. The molecule has 0 heterocycles. The van der Waals surface area contributed by atoms with E-state index < -0.39 is 11.8 Å². The fraction of sp³-hybridized carbons (Fsp3) is 0. The second-order valence-corrected chi connectivity index (χ2v) is 4.84. The summed E-state index contributed by atoms with van der Waals surface area (Å²) in [7, 11) is 0. The smallest absolute Gasteiger partial charge is 0.281 e. The Kier molecular flexibility index (Phi) is 5.30. The van der Waals surface area contributed by atoms with Crippen LogP contribution in [0, 0.1) is 0 Å². The predicted molar refractivity (Wildman–Crippen MR) is 85.7 cm³/mol. The van der Waals surface area contributed by atoms with Gasteiger partial charge in [0.15, 0.2) is 0 Å². The van der Waals surface area contributed by atoms with Crippen LogP contribution in [0.25, 0.3) is 6.08 Å². The fourth-order valence-electron chi connectivity index (χ4n) is 1.75. The van der Waals surface area contributed by atoms with Gasteiger partial charge < -0.3 is 5.32 Å². The quantitative estimate of drug-likeness (QED) is 0.349. The minimum Gasteiger partial charge on any atom is -0.317 e. The Morgan fingerprint density at radius 2 is 1.64 bits per heavy atom. The van der Waals surface area contributed by atoms with E-state index in [0.29, 0.717) is 16.1 Å². The third-order valence-corrected chi connectivity index (χ3v) is 3.09. The topological polar surface area (TPSA) is 84.2 Å². The highest BCUT2D eigenvalue weighted by molar-refractivity contribution is 6.30. The second kappa shape index (κ2) is 7.40. The first kappa shape index (κ1) is 15.8. The predicted octanol–water partition coefficient (Wildman–Crippen LogP) is 2.10. The minimum atomic E-state index is -0.598. The molecule has 0 saturated carbocycles. The fourth-order valence-corrected chi connectivity index (χ4v) is 1.87. The number of hydrogen-bond donors (Lipinski definition) is 3. The molecular formula is C16H14ClN3O2. The zero-order valence-electron chi connectivity index (χ0n) is 11.5. The third kappa shape index (κ3) is 4.18. The molecule has 2 amide bonds. The summed E-state index contributed by atoms with van der Waals surface area (Å²) in [5, 5.41) is 3.12. The number of amides is 2. The number of rotatable bonds is 4. The van der Waals surface area contributed by atoms with Gasteiger partial charge in [0, 0.05) is 10.6 Å². The van der Waals surface area contributed by atoms with E-state index in [-0.39, 0.29) is 5.70 Å². The molecule has 0 aliphatic carbocycles. The van der Waals surface area contributed by atoms with Crippen LogP contribution in [0.4, 0.5) is 0 Å². The van der Waals surface area contributed by atoms with Crippen LogP contribution in [-0.4, -0.2) is 11.8 Å². The Morgan fingerprint density at radius 1 is 1.00 bits per heavy atom. The molecule has 0 unspecified atom stereocenters. The molecule has 5 nitrogen and oxygen atoms in total. The van der Waals surface area contributed by atoms with Gasteiger partial charge in [0.05, 0.1) is 0 Å². The lowest BCUT2D eigenvalue weighted by Crippen LogP contribution is -2.38. The van der Waals surface area contributed by atoms with E-state index in [2.05, 4.69) is 5.32 Å². The maximum atomic E-state index is 12.1. The summed E-state index contributed by atoms with van der Waals surface area (Å²) in [5.41, 5.74) is 3.19. The molecule has 2 rings (SSSR count). The van der Waals surface area contributed by atoms with Crippen LogP contribution in [0.3, 0.4) is 0 Å². The largest absolute Gasteiger partial charge is 0.317 e. The summed E-state index contributed by atoms with van der Waals surface area (Å²) in [4.78, 5) is 23.9. The number of nitrogens with one attached hydrogen (secondary N) is 2. The molecule has 0 spiro atoms. The van der Waals surface area contributed by atoms with Gasteiger partial charge in [-0.25, -0.2) is 5.84 Å². The van der Waals surface area contributed by atoms with Crippen molar-refractivity contribution in [2.24, 2.45) is 5.84 Å². The molecule has 112 valence electrons. The van der Waals surface area contributed by atoms with Crippen LogP contribution >= 0.6 is 11.6 Å². The van der Waals surface area contributed by atoms with Crippen molar-refractivity contribution in [1.29, 1.82) is 0 Å². The van der Waals surface area contributed by atoms with Crippen LogP contribution in [0.5, 0.6) is 0 Å². The summed E-state index contributed by atoms with van der Waals surface area (Å²) in [6.07, 6.45) is 1.51. The number of hydrogen-bond acceptors (Lipinski definition) is 3. The van der Waals surface area contributed by atoms with Crippen LogP contribution in [0.2, 0.25) is 5.02 Å². The molecular weight excluding hydrogens is 302 g/mol. The summed E-state index contributed by atoms with van der Waals surface area (Å²) in [5.74, 6) is 4.16. The van der Waals surface area contributed by atoms with Gasteiger partial charge >= 0.3 is 0 Å². The van der Waals surface area contributed by atoms with Gasteiger partial charge in [-0.15, -0.1) is 0 Å². The lowest BCUT2D eigenvalue weighted by molar-refractivity contribution is -0.117. The van der Waals surface area contributed by atoms with Gasteiger partial charge in [0.25, 0.3) is 11.8 Å². The first-order valence-electron chi connectivity index (χ1n) is 6.45. The van der Waals surface area contributed by atoms with Crippen molar-refractivity contribution in [3.05, 3.63) is 76.4 Å². The molecule has 0 radical (unpaired) electrons. The molecule has 0 atom stereocenters. The van der Waals surface area contributed by atoms with E-state index in [1.54, 1.807) is 54.6 Å². The maximum Gasteiger partial charge on any atom is 0.281 e. The third-order valence-electron chi connectivity index (χ3n) is 2.84. The molecule has 0 fully saturated rings. The summed E-state index contributed by atoms with van der Waals surface area (Å²) >= 11 is 5.81. The molecule has 0 aliphatic rings. The van der Waals surface area contributed by atoms with Crippen molar-refractivity contribution in [1.82, 2.24) is 10.7 Å². The van der Waals surface area contributed by atoms with E-state index in [9.17, 15) is 9.59 Å². The van der Waals surface area contributed by atoms with Crippen LogP contribution in [0.1, 0.15) is 15.9 Å². The Balaban J connectivity index is 2.25. The number of nitrogens with two attached hydrogens (primary N) is 1. The average molecular weight is 316 g/mol. The van der Waals surface area contributed by atoms with Crippen LogP contribution in [0.15, 0.2) is 60.3 Å². The molecule has 0 aromatic heterocycles. The van der Waals surface area contributed by atoms with Crippen molar-refractivity contribution < 1.29 is 9.59 Å². The van der Waals surface area contributed by atoms with E-state index >= 15 is 0 Å². The van der Waals surface area contributed by atoms with E-state index in [1.807, 2.05) is 5.43 Å². The first-order valence-corrected chi connectivity index (χ1v) is 6.82. The molecule has 2 aromatic rings. The van der Waals surface area contributed by atoms with Crippen molar-refractivity contribution in [2.75, 3.05) is 0 Å². The van der Waals surface area contributed by atoms with Crippen molar-refractivity contribution in [3.8, 4) is 0 Å². The summed E-state index contributed by atoms with van der Waals surface area (Å²) < 4.78 is 0. The zero-order chi connectivity index (χ0) is 15.9. The van der Waals surface area contributed by atoms with Crippen molar-refractivity contribution >= 4 is 29.5 Å². The van der Waals surface area contributed by atoms with Gasteiger partial charge in [-0.05, 0) is 35.9 Å². The summed E-state index contributed by atoms with van der Waals surface area (Å²) in [6.45, 7) is 0. The molecule has 0 aliphatic heterocycles. The number of hydrazine groups is 1. The second-order valence-electron chi connectivity index (χ2n) is 4.40. The molecule has 0 saturated heterocycles. The SMILES string of the molecule is NNC(=O)/C(=C/c1ccc(Cl)cc1)NC(=O)c1ccccc1. The summed E-state index contributed by atoms with van der Waals surface area (Å²) in [6, 6.07) is 15.4. The van der Waals surface area contributed by atoms with Gasteiger partial charge in [0.2, 0.25) is 0 Å². The van der Waals surface area contributed by atoms with Gasteiger partial charge in [-0.3, -0.25) is 15.0 Å². The van der Waals surface area contributed by atoms with E-state index in [0.717, 1.165) is 0 Å². The lowest BCUT2D eigenvalue weighted by atomic mass is 10.1.